The third-order valence-electron chi connectivity index (χ3n) is 3.69. The second-order valence-corrected chi connectivity index (χ2v) is 6.63. The zero-order valence-electron chi connectivity index (χ0n) is 14.4. The molecule has 0 saturated heterocycles. The monoisotopic (exact) mass is 387 g/mol. The summed E-state index contributed by atoms with van der Waals surface area (Å²) in [6.07, 6.45) is 0.0890. The first-order valence-electron chi connectivity index (χ1n) is 8.09. The average Bonchev–Trinajstić information content (AvgIpc) is 3.10. The first-order chi connectivity index (χ1) is 13.0. The van der Waals surface area contributed by atoms with E-state index in [0.717, 1.165) is 17.3 Å². The van der Waals surface area contributed by atoms with Gasteiger partial charge in [-0.05, 0) is 12.5 Å². The first-order valence-corrected chi connectivity index (χ1v) is 9.07. The van der Waals surface area contributed by atoms with Crippen molar-refractivity contribution in [1.29, 1.82) is 0 Å². The lowest BCUT2D eigenvalue weighted by molar-refractivity contribution is -0.118. The molecule has 1 aromatic carbocycles. The third kappa shape index (κ3) is 5.17. The zero-order chi connectivity index (χ0) is 19.2. The Labute approximate surface area is 157 Å². The summed E-state index contributed by atoms with van der Waals surface area (Å²) in [5.41, 5.74) is 0.734. The predicted octanol–water partition coefficient (Wildman–Crippen LogP) is 0.754. The fourth-order valence-corrected chi connectivity index (χ4v) is 2.94. The highest BCUT2D eigenvalue weighted by atomic mass is 32.2. The van der Waals surface area contributed by atoms with Gasteiger partial charge >= 0.3 is 5.69 Å². The van der Waals surface area contributed by atoms with Crippen LogP contribution >= 0.6 is 11.8 Å². The Hall–Kier alpha value is -3.14. The molecule has 27 heavy (non-hydrogen) atoms. The topological polar surface area (TPSA) is 134 Å². The number of nitrogens with zero attached hydrogens (tertiary/aromatic N) is 2. The standard InChI is InChI=1S/C17H17N5O4S/c1-10-12(15(24)20-16(25)19-10)7-14-21-22-17(26-14)27-9-13(23)18-8-11-5-3-2-4-6-11/h2-6H,7-9H2,1H3,(H,18,23)(H2,19,20,24,25). The molecule has 0 spiro atoms. The second kappa shape index (κ2) is 8.49. The molecule has 2 aromatic heterocycles. The van der Waals surface area contributed by atoms with Gasteiger partial charge in [0, 0.05) is 17.8 Å². The van der Waals surface area contributed by atoms with E-state index in [1.54, 1.807) is 6.92 Å². The van der Waals surface area contributed by atoms with E-state index in [9.17, 15) is 14.4 Å². The normalized spacial score (nSPS) is 10.7. The Bertz CT molecular complexity index is 1040. The molecule has 9 nitrogen and oxygen atoms in total. The fourth-order valence-electron chi connectivity index (χ4n) is 2.33. The summed E-state index contributed by atoms with van der Waals surface area (Å²) in [6.45, 7) is 2.07. The van der Waals surface area contributed by atoms with Gasteiger partial charge in [-0.15, -0.1) is 10.2 Å². The van der Waals surface area contributed by atoms with Gasteiger partial charge in [0.2, 0.25) is 11.8 Å². The molecule has 1 amide bonds. The molecule has 0 bridgehead atoms. The number of aromatic amines is 2. The molecular weight excluding hydrogens is 370 g/mol. The molecule has 0 atom stereocenters. The predicted molar refractivity (Wildman–Crippen MR) is 98.5 cm³/mol. The Morgan fingerprint density at radius 2 is 1.96 bits per heavy atom. The summed E-state index contributed by atoms with van der Waals surface area (Å²) in [5.74, 6) is 0.201. The third-order valence-corrected chi connectivity index (χ3v) is 4.51. The van der Waals surface area contributed by atoms with E-state index in [1.807, 2.05) is 30.3 Å². The highest BCUT2D eigenvalue weighted by Crippen LogP contribution is 2.17. The minimum absolute atomic E-state index is 0.0890. The van der Waals surface area contributed by atoms with E-state index in [4.69, 9.17) is 4.42 Å². The SMILES string of the molecule is Cc1[nH]c(=O)[nH]c(=O)c1Cc1nnc(SCC(=O)NCc2ccccc2)o1. The summed E-state index contributed by atoms with van der Waals surface area (Å²) in [4.78, 5) is 39.6. The lowest BCUT2D eigenvalue weighted by atomic mass is 10.2. The molecule has 2 heterocycles. The summed E-state index contributed by atoms with van der Waals surface area (Å²) < 4.78 is 5.46. The molecule has 0 aliphatic carbocycles. The number of hydrogen-bond donors (Lipinski definition) is 3. The number of carbonyl (C=O) groups is 1. The van der Waals surface area contributed by atoms with Gasteiger partial charge in [-0.1, -0.05) is 42.1 Å². The number of H-pyrrole nitrogens is 2. The van der Waals surface area contributed by atoms with Crippen molar-refractivity contribution in [3.8, 4) is 0 Å². The van der Waals surface area contributed by atoms with Crippen LogP contribution in [0.4, 0.5) is 0 Å². The quantitative estimate of drug-likeness (QED) is 0.509. The highest BCUT2D eigenvalue weighted by molar-refractivity contribution is 7.99. The lowest BCUT2D eigenvalue weighted by Gasteiger charge is -2.03. The van der Waals surface area contributed by atoms with E-state index in [1.165, 1.54) is 0 Å². The van der Waals surface area contributed by atoms with Crippen LogP contribution in [0.3, 0.4) is 0 Å². The second-order valence-electron chi connectivity index (χ2n) is 5.70. The molecule has 10 heteroatoms. The Kier molecular flexibility index (Phi) is 5.87. The van der Waals surface area contributed by atoms with Crippen molar-refractivity contribution in [2.45, 2.75) is 25.1 Å². The van der Waals surface area contributed by atoms with Crippen molar-refractivity contribution < 1.29 is 9.21 Å². The molecule has 0 aliphatic rings. The summed E-state index contributed by atoms with van der Waals surface area (Å²) >= 11 is 1.11. The van der Waals surface area contributed by atoms with Crippen molar-refractivity contribution in [2.24, 2.45) is 0 Å². The first kappa shape index (κ1) is 18.6. The maximum atomic E-state index is 11.9. The van der Waals surface area contributed by atoms with Crippen LogP contribution in [0.1, 0.15) is 22.7 Å². The maximum absolute atomic E-state index is 11.9. The molecule has 0 radical (unpaired) electrons. The van der Waals surface area contributed by atoms with Crippen molar-refractivity contribution >= 4 is 17.7 Å². The van der Waals surface area contributed by atoms with E-state index in [-0.39, 0.29) is 29.2 Å². The molecule has 3 rings (SSSR count). The molecule has 3 aromatic rings. The number of amides is 1. The number of aryl methyl sites for hydroxylation is 1. The molecule has 0 fully saturated rings. The molecule has 0 aliphatic heterocycles. The van der Waals surface area contributed by atoms with Gasteiger partial charge in [-0.25, -0.2) is 4.79 Å². The van der Waals surface area contributed by atoms with Crippen LogP contribution in [-0.4, -0.2) is 31.8 Å². The Balaban J connectivity index is 1.53. The maximum Gasteiger partial charge on any atom is 0.325 e. The number of nitrogens with one attached hydrogen (secondary N) is 3. The fraction of sp³-hybridized carbons (Fsp3) is 0.235. The minimum Gasteiger partial charge on any atom is -0.416 e. The molecule has 3 N–H and O–H groups in total. The number of rotatable bonds is 7. The van der Waals surface area contributed by atoms with Gasteiger partial charge < -0.3 is 14.7 Å². The molecule has 140 valence electrons. The summed E-state index contributed by atoms with van der Waals surface area (Å²) in [5, 5.41) is 10.8. The number of hydrogen-bond acceptors (Lipinski definition) is 7. The summed E-state index contributed by atoms with van der Waals surface area (Å²) in [6, 6.07) is 9.59. The van der Waals surface area contributed by atoms with E-state index >= 15 is 0 Å². The number of aromatic nitrogens is 4. The number of carbonyl (C=O) groups excluding carboxylic acids is 1. The van der Waals surface area contributed by atoms with Crippen LogP contribution in [0, 0.1) is 6.92 Å². The van der Waals surface area contributed by atoms with Gasteiger partial charge in [0.15, 0.2) is 0 Å². The Morgan fingerprint density at radius 3 is 2.70 bits per heavy atom. The van der Waals surface area contributed by atoms with Crippen LogP contribution in [-0.2, 0) is 17.8 Å². The van der Waals surface area contributed by atoms with Gasteiger partial charge in [-0.2, -0.15) is 0 Å². The van der Waals surface area contributed by atoms with Gasteiger partial charge in [0.1, 0.15) is 0 Å². The Morgan fingerprint density at radius 1 is 1.19 bits per heavy atom. The number of thioether (sulfide) groups is 1. The van der Waals surface area contributed by atoms with Crippen molar-refractivity contribution in [3.05, 3.63) is 73.9 Å². The molecular formula is C17H17N5O4S. The van der Waals surface area contributed by atoms with Crippen LogP contribution in [0.25, 0.3) is 0 Å². The van der Waals surface area contributed by atoms with Gasteiger partial charge in [0.05, 0.1) is 12.2 Å². The number of benzene rings is 1. The van der Waals surface area contributed by atoms with Crippen molar-refractivity contribution in [1.82, 2.24) is 25.5 Å². The smallest absolute Gasteiger partial charge is 0.325 e. The van der Waals surface area contributed by atoms with E-state index < -0.39 is 11.2 Å². The van der Waals surface area contributed by atoms with Crippen LogP contribution in [0.5, 0.6) is 0 Å². The van der Waals surface area contributed by atoms with E-state index in [0.29, 0.717) is 17.8 Å². The van der Waals surface area contributed by atoms with Gasteiger partial charge in [0.25, 0.3) is 10.8 Å². The van der Waals surface area contributed by atoms with Gasteiger partial charge in [-0.3, -0.25) is 14.6 Å². The summed E-state index contributed by atoms with van der Waals surface area (Å²) in [7, 11) is 0. The van der Waals surface area contributed by atoms with Crippen molar-refractivity contribution in [3.63, 3.8) is 0 Å². The highest BCUT2D eigenvalue weighted by Gasteiger charge is 2.14. The molecule has 0 saturated carbocycles. The molecule has 0 unspecified atom stereocenters. The lowest BCUT2D eigenvalue weighted by Crippen LogP contribution is -2.27. The van der Waals surface area contributed by atoms with E-state index in [2.05, 4.69) is 25.5 Å². The average molecular weight is 387 g/mol. The van der Waals surface area contributed by atoms with Crippen LogP contribution < -0.4 is 16.6 Å². The van der Waals surface area contributed by atoms with Crippen molar-refractivity contribution in [2.75, 3.05) is 5.75 Å². The van der Waals surface area contributed by atoms with Crippen LogP contribution in [0.15, 0.2) is 49.6 Å². The minimum atomic E-state index is -0.565. The zero-order valence-corrected chi connectivity index (χ0v) is 15.3. The van der Waals surface area contributed by atoms with Crippen LogP contribution in [0.2, 0.25) is 0 Å². The largest absolute Gasteiger partial charge is 0.416 e.